The van der Waals surface area contributed by atoms with E-state index in [4.69, 9.17) is 9.15 Å². The highest BCUT2D eigenvalue weighted by molar-refractivity contribution is 6.13. The van der Waals surface area contributed by atoms with Gasteiger partial charge in [0.15, 0.2) is 0 Å². The van der Waals surface area contributed by atoms with Crippen LogP contribution in [-0.2, 0) is 5.41 Å². The van der Waals surface area contributed by atoms with Gasteiger partial charge in [-0.25, -0.2) is 0 Å². The summed E-state index contributed by atoms with van der Waals surface area (Å²) in [5.74, 6) is 1.87. The predicted molar refractivity (Wildman–Crippen MR) is 169 cm³/mol. The average molecular weight is 529 g/mol. The minimum absolute atomic E-state index is 0.143. The second kappa shape index (κ2) is 8.97. The molecule has 1 aliphatic rings. The van der Waals surface area contributed by atoms with Crippen LogP contribution in [0.1, 0.15) is 25.0 Å². The Morgan fingerprint density at radius 2 is 1.00 bits per heavy atom. The quantitative estimate of drug-likeness (QED) is 0.228. The zero-order valence-electron chi connectivity index (χ0n) is 23.0. The van der Waals surface area contributed by atoms with E-state index in [2.05, 4.69) is 135 Å². The molecular weight excluding hydrogens is 500 g/mol. The van der Waals surface area contributed by atoms with Crippen molar-refractivity contribution >= 4 is 21.9 Å². The van der Waals surface area contributed by atoms with E-state index in [1.54, 1.807) is 0 Å². The zero-order chi connectivity index (χ0) is 27.6. The molecule has 0 saturated carbocycles. The Kier molecular flexibility index (Phi) is 5.20. The first-order chi connectivity index (χ1) is 20.1. The molecule has 196 valence electrons. The Labute approximate surface area is 239 Å². The molecule has 41 heavy (non-hydrogen) atoms. The van der Waals surface area contributed by atoms with Gasteiger partial charge in [-0.05, 0) is 40.5 Å². The smallest absolute Gasteiger partial charge is 0.143 e. The monoisotopic (exact) mass is 528 g/mol. The number of hydrogen-bond donors (Lipinski definition) is 0. The molecule has 2 heteroatoms. The molecule has 0 amide bonds. The number of benzene rings is 6. The van der Waals surface area contributed by atoms with Gasteiger partial charge in [0.1, 0.15) is 22.7 Å². The second-order valence-corrected chi connectivity index (χ2v) is 11.3. The minimum atomic E-state index is -0.143. The van der Waals surface area contributed by atoms with Crippen LogP contribution >= 0.6 is 0 Å². The molecule has 0 spiro atoms. The van der Waals surface area contributed by atoms with Gasteiger partial charge in [-0.1, -0.05) is 129 Å². The van der Waals surface area contributed by atoms with E-state index >= 15 is 0 Å². The third kappa shape index (κ3) is 3.72. The van der Waals surface area contributed by atoms with Gasteiger partial charge in [-0.3, -0.25) is 0 Å². The van der Waals surface area contributed by atoms with Gasteiger partial charge in [-0.2, -0.15) is 0 Å². The molecule has 0 bridgehead atoms. The molecule has 0 aliphatic carbocycles. The minimum Gasteiger partial charge on any atom is -0.457 e. The van der Waals surface area contributed by atoms with E-state index in [0.717, 1.165) is 55.7 Å². The van der Waals surface area contributed by atoms with Crippen LogP contribution in [0.25, 0.3) is 55.3 Å². The fourth-order valence-electron chi connectivity index (χ4n) is 6.36. The first-order valence-electron chi connectivity index (χ1n) is 14.1. The van der Waals surface area contributed by atoms with Crippen LogP contribution < -0.4 is 4.74 Å². The topological polar surface area (TPSA) is 22.4 Å². The molecule has 6 aromatic carbocycles. The average Bonchev–Trinajstić information content (AvgIpc) is 3.41. The van der Waals surface area contributed by atoms with E-state index in [-0.39, 0.29) is 5.41 Å². The van der Waals surface area contributed by atoms with Gasteiger partial charge < -0.3 is 9.15 Å². The number of rotatable bonds is 3. The zero-order valence-corrected chi connectivity index (χ0v) is 23.0. The van der Waals surface area contributed by atoms with Crippen molar-refractivity contribution in [3.8, 4) is 44.9 Å². The van der Waals surface area contributed by atoms with E-state index in [1.807, 2.05) is 12.1 Å². The van der Waals surface area contributed by atoms with Crippen LogP contribution in [0.2, 0.25) is 0 Å². The van der Waals surface area contributed by atoms with Crippen LogP contribution in [0.4, 0.5) is 0 Å². The Hall–Kier alpha value is -5.08. The Balaban J connectivity index is 1.19. The maximum atomic E-state index is 6.64. The fraction of sp³-hybridized carbons (Fsp3) is 0.0769. The molecule has 0 atom stereocenters. The van der Waals surface area contributed by atoms with Gasteiger partial charge >= 0.3 is 0 Å². The molecule has 1 aliphatic heterocycles. The fourth-order valence-corrected chi connectivity index (χ4v) is 6.36. The first kappa shape index (κ1) is 23.8. The number of furan rings is 1. The van der Waals surface area contributed by atoms with Gasteiger partial charge in [0.2, 0.25) is 0 Å². The number of para-hydroxylation sites is 3. The highest BCUT2D eigenvalue weighted by atomic mass is 16.5. The molecule has 0 radical (unpaired) electrons. The highest BCUT2D eigenvalue weighted by Gasteiger charge is 2.34. The van der Waals surface area contributed by atoms with Crippen molar-refractivity contribution in [3.05, 3.63) is 145 Å². The third-order valence-corrected chi connectivity index (χ3v) is 8.57. The van der Waals surface area contributed by atoms with Gasteiger partial charge in [0.05, 0.1) is 0 Å². The standard InChI is InChI=1S/C39H28O2/c1-39(2)33-16-6-7-17-35(33)40-36-23-22-28(24-34(36)39)25-18-20-27(21-19-25)30-13-9-15-32-31-14-8-12-29(37(31)41-38(30)32)26-10-4-3-5-11-26/h3-24H,1-2H3. The lowest BCUT2D eigenvalue weighted by Crippen LogP contribution is -2.24. The van der Waals surface area contributed by atoms with Crippen molar-refractivity contribution in [2.45, 2.75) is 19.3 Å². The highest BCUT2D eigenvalue weighted by Crippen LogP contribution is 2.49. The lowest BCUT2D eigenvalue weighted by Gasteiger charge is -2.34. The summed E-state index contributed by atoms with van der Waals surface area (Å²) in [7, 11) is 0. The second-order valence-electron chi connectivity index (χ2n) is 11.3. The van der Waals surface area contributed by atoms with Crippen molar-refractivity contribution in [2.75, 3.05) is 0 Å². The summed E-state index contributed by atoms with van der Waals surface area (Å²) in [5.41, 5.74) is 11.0. The van der Waals surface area contributed by atoms with Crippen LogP contribution in [0.5, 0.6) is 11.5 Å². The van der Waals surface area contributed by atoms with Gasteiger partial charge in [-0.15, -0.1) is 0 Å². The SMILES string of the molecule is CC1(C)c2ccccc2Oc2ccc(-c3ccc(-c4cccc5c4oc4c(-c6ccccc6)cccc45)cc3)cc21. The largest absolute Gasteiger partial charge is 0.457 e. The molecule has 0 saturated heterocycles. The summed E-state index contributed by atoms with van der Waals surface area (Å²) < 4.78 is 12.9. The van der Waals surface area contributed by atoms with Crippen LogP contribution in [0.15, 0.2) is 138 Å². The number of ether oxygens (including phenoxy) is 1. The third-order valence-electron chi connectivity index (χ3n) is 8.57. The van der Waals surface area contributed by atoms with E-state index in [0.29, 0.717) is 0 Å². The summed E-state index contributed by atoms with van der Waals surface area (Å²) in [6.45, 7) is 4.55. The predicted octanol–water partition coefficient (Wildman–Crippen LogP) is 11.0. The van der Waals surface area contributed by atoms with E-state index < -0.39 is 0 Å². The van der Waals surface area contributed by atoms with Gasteiger partial charge in [0, 0.05) is 38.4 Å². The molecule has 0 unspecified atom stereocenters. The molecule has 0 fully saturated rings. The maximum absolute atomic E-state index is 6.64. The Bertz CT molecular complexity index is 2080. The van der Waals surface area contributed by atoms with Crippen LogP contribution in [-0.4, -0.2) is 0 Å². The molecule has 2 heterocycles. The summed E-state index contributed by atoms with van der Waals surface area (Å²) in [6.07, 6.45) is 0. The first-order valence-corrected chi connectivity index (χ1v) is 14.1. The summed E-state index contributed by atoms with van der Waals surface area (Å²) in [6, 6.07) is 47.0. The Morgan fingerprint density at radius 1 is 0.439 bits per heavy atom. The van der Waals surface area contributed by atoms with E-state index in [9.17, 15) is 0 Å². The lowest BCUT2D eigenvalue weighted by molar-refractivity contribution is 0.418. The Morgan fingerprint density at radius 3 is 1.71 bits per heavy atom. The van der Waals surface area contributed by atoms with Crippen molar-refractivity contribution in [2.24, 2.45) is 0 Å². The number of hydrogen-bond acceptors (Lipinski definition) is 2. The van der Waals surface area contributed by atoms with Crippen molar-refractivity contribution in [1.29, 1.82) is 0 Å². The molecule has 1 aromatic heterocycles. The normalized spacial score (nSPS) is 13.5. The summed E-state index contributed by atoms with van der Waals surface area (Å²) in [4.78, 5) is 0. The molecule has 0 N–H and O–H groups in total. The van der Waals surface area contributed by atoms with Crippen molar-refractivity contribution in [3.63, 3.8) is 0 Å². The van der Waals surface area contributed by atoms with E-state index in [1.165, 1.54) is 22.3 Å². The van der Waals surface area contributed by atoms with Crippen molar-refractivity contribution in [1.82, 2.24) is 0 Å². The van der Waals surface area contributed by atoms with Gasteiger partial charge in [0.25, 0.3) is 0 Å². The molecule has 2 nitrogen and oxygen atoms in total. The summed E-state index contributed by atoms with van der Waals surface area (Å²) >= 11 is 0. The summed E-state index contributed by atoms with van der Waals surface area (Å²) in [5, 5.41) is 2.27. The van der Waals surface area contributed by atoms with Crippen LogP contribution in [0, 0.1) is 0 Å². The number of fused-ring (bicyclic) bond motifs is 5. The molecule has 7 aromatic rings. The van der Waals surface area contributed by atoms with Crippen LogP contribution in [0.3, 0.4) is 0 Å². The molecular formula is C39H28O2. The van der Waals surface area contributed by atoms with Crippen molar-refractivity contribution < 1.29 is 9.15 Å². The molecule has 8 rings (SSSR count). The lowest BCUT2D eigenvalue weighted by atomic mass is 9.75. The maximum Gasteiger partial charge on any atom is 0.143 e.